The second-order valence-corrected chi connectivity index (χ2v) is 6.58. The van der Waals surface area contributed by atoms with E-state index in [9.17, 15) is 4.39 Å². The molecule has 0 amide bonds. The van der Waals surface area contributed by atoms with Crippen molar-refractivity contribution in [2.45, 2.75) is 25.5 Å². The van der Waals surface area contributed by atoms with E-state index in [2.05, 4.69) is 34.1 Å². The maximum Gasteiger partial charge on any atom is 0.165 e. The summed E-state index contributed by atoms with van der Waals surface area (Å²) in [5.74, 6) is 0.0347. The fraction of sp³-hybridized carbons (Fsp3) is 0.286. The maximum atomic E-state index is 14.3. The quantitative estimate of drug-likeness (QED) is 0.655. The van der Waals surface area contributed by atoms with E-state index in [-0.39, 0.29) is 24.3 Å². The number of benzene rings is 2. The summed E-state index contributed by atoms with van der Waals surface area (Å²) in [6.07, 6.45) is 5.29. The van der Waals surface area contributed by atoms with Gasteiger partial charge in [-0.05, 0) is 42.0 Å². The van der Waals surface area contributed by atoms with Crippen LogP contribution in [0.25, 0.3) is 10.8 Å². The van der Waals surface area contributed by atoms with Crippen molar-refractivity contribution in [3.8, 4) is 5.75 Å². The molecule has 1 fully saturated rings. The number of halogens is 2. The lowest BCUT2D eigenvalue weighted by Gasteiger charge is -2.32. The van der Waals surface area contributed by atoms with E-state index in [1.807, 2.05) is 12.1 Å². The highest BCUT2D eigenvalue weighted by molar-refractivity contribution is 5.85. The summed E-state index contributed by atoms with van der Waals surface area (Å²) in [6.45, 7) is 2.91. The van der Waals surface area contributed by atoms with Crippen molar-refractivity contribution in [1.82, 2.24) is 9.88 Å². The summed E-state index contributed by atoms with van der Waals surface area (Å²) in [5, 5.41) is 1.75. The molecule has 1 saturated heterocycles. The molecule has 0 radical (unpaired) electrons. The molecule has 26 heavy (non-hydrogen) atoms. The summed E-state index contributed by atoms with van der Waals surface area (Å²) < 4.78 is 20.2. The third kappa shape index (κ3) is 4.32. The third-order valence-electron chi connectivity index (χ3n) is 4.77. The Morgan fingerprint density at radius 2 is 1.81 bits per heavy atom. The molecule has 0 atom stereocenters. The first-order valence-corrected chi connectivity index (χ1v) is 8.74. The van der Waals surface area contributed by atoms with Crippen LogP contribution in [0, 0.1) is 5.82 Å². The second kappa shape index (κ2) is 8.47. The van der Waals surface area contributed by atoms with Crippen molar-refractivity contribution in [1.29, 1.82) is 0 Å². The lowest BCUT2D eigenvalue weighted by molar-refractivity contribution is 0.0937. The van der Waals surface area contributed by atoms with E-state index in [4.69, 9.17) is 4.74 Å². The Bertz CT molecular complexity index is 851. The van der Waals surface area contributed by atoms with Gasteiger partial charge in [-0.3, -0.25) is 9.88 Å². The number of rotatable bonds is 4. The average Bonchev–Trinajstić information content (AvgIpc) is 2.65. The first kappa shape index (κ1) is 18.6. The smallest absolute Gasteiger partial charge is 0.165 e. The summed E-state index contributed by atoms with van der Waals surface area (Å²) in [5.41, 5.74) is 1.33. The Labute approximate surface area is 159 Å². The number of piperidine rings is 1. The van der Waals surface area contributed by atoms with Crippen LogP contribution in [0.5, 0.6) is 5.75 Å². The van der Waals surface area contributed by atoms with Gasteiger partial charge in [0.15, 0.2) is 11.6 Å². The second-order valence-electron chi connectivity index (χ2n) is 6.58. The van der Waals surface area contributed by atoms with Crippen molar-refractivity contribution in [3.05, 3.63) is 72.3 Å². The van der Waals surface area contributed by atoms with Crippen LogP contribution < -0.4 is 4.74 Å². The van der Waals surface area contributed by atoms with Crippen molar-refractivity contribution >= 4 is 23.2 Å². The van der Waals surface area contributed by atoms with E-state index in [1.54, 1.807) is 18.5 Å². The SMILES string of the molecule is Cl.Fc1cc2cnccc2cc1OC1CCN(Cc2ccccc2)CC1. The molecule has 2 aromatic carbocycles. The fourth-order valence-electron chi connectivity index (χ4n) is 3.38. The lowest BCUT2D eigenvalue weighted by Crippen LogP contribution is -2.37. The van der Waals surface area contributed by atoms with Gasteiger partial charge in [0.2, 0.25) is 0 Å². The molecule has 0 spiro atoms. The molecular weight excluding hydrogens is 351 g/mol. The number of nitrogens with zero attached hydrogens (tertiary/aromatic N) is 2. The Balaban J connectivity index is 0.00000196. The van der Waals surface area contributed by atoms with E-state index in [0.29, 0.717) is 5.75 Å². The molecule has 3 aromatic rings. The van der Waals surface area contributed by atoms with Crippen molar-refractivity contribution < 1.29 is 9.13 Å². The minimum Gasteiger partial charge on any atom is -0.487 e. The number of fused-ring (bicyclic) bond motifs is 1. The fourth-order valence-corrected chi connectivity index (χ4v) is 3.38. The zero-order chi connectivity index (χ0) is 17.1. The van der Waals surface area contributed by atoms with Crippen LogP contribution >= 0.6 is 12.4 Å². The van der Waals surface area contributed by atoms with Crippen LogP contribution in [-0.4, -0.2) is 29.1 Å². The minimum atomic E-state index is -0.313. The van der Waals surface area contributed by atoms with Gasteiger partial charge in [0, 0.05) is 37.4 Å². The first-order chi connectivity index (χ1) is 12.3. The predicted molar refractivity (Wildman–Crippen MR) is 104 cm³/mol. The molecule has 0 bridgehead atoms. The zero-order valence-corrected chi connectivity index (χ0v) is 15.3. The molecule has 4 rings (SSSR count). The standard InChI is InChI=1S/C21H21FN2O.ClH/c22-20-12-18-14-23-9-6-17(18)13-21(20)25-19-7-10-24(11-8-19)15-16-4-2-1-3-5-16;/h1-6,9,12-14,19H,7-8,10-11,15H2;1H. The molecule has 5 heteroatoms. The zero-order valence-electron chi connectivity index (χ0n) is 14.5. The number of aromatic nitrogens is 1. The van der Waals surface area contributed by atoms with Gasteiger partial charge in [-0.1, -0.05) is 30.3 Å². The highest BCUT2D eigenvalue weighted by Gasteiger charge is 2.21. The van der Waals surface area contributed by atoms with Crippen LogP contribution in [-0.2, 0) is 6.54 Å². The van der Waals surface area contributed by atoms with Crippen LogP contribution in [0.2, 0.25) is 0 Å². The normalized spacial score (nSPS) is 15.6. The van der Waals surface area contributed by atoms with E-state index >= 15 is 0 Å². The Morgan fingerprint density at radius 3 is 2.58 bits per heavy atom. The van der Waals surface area contributed by atoms with Gasteiger partial charge in [-0.2, -0.15) is 0 Å². The van der Waals surface area contributed by atoms with Gasteiger partial charge in [0.1, 0.15) is 6.10 Å². The number of ether oxygens (including phenoxy) is 1. The monoisotopic (exact) mass is 372 g/mol. The van der Waals surface area contributed by atoms with Gasteiger partial charge in [-0.25, -0.2) is 4.39 Å². The van der Waals surface area contributed by atoms with E-state index < -0.39 is 0 Å². The minimum absolute atomic E-state index is 0. The van der Waals surface area contributed by atoms with E-state index in [0.717, 1.165) is 43.2 Å². The molecular formula is C21H22ClFN2O. The predicted octanol–water partition coefficient (Wildman–Crippen LogP) is 4.84. The number of hydrogen-bond acceptors (Lipinski definition) is 3. The third-order valence-corrected chi connectivity index (χ3v) is 4.77. The summed E-state index contributed by atoms with van der Waals surface area (Å²) in [6, 6.07) is 15.7. The van der Waals surface area contributed by atoms with Crippen molar-refractivity contribution in [2.24, 2.45) is 0 Å². The summed E-state index contributed by atoms with van der Waals surface area (Å²) in [7, 11) is 0. The molecule has 0 N–H and O–H groups in total. The largest absolute Gasteiger partial charge is 0.487 e. The number of hydrogen-bond donors (Lipinski definition) is 0. The number of pyridine rings is 1. The first-order valence-electron chi connectivity index (χ1n) is 8.74. The summed E-state index contributed by atoms with van der Waals surface area (Å²) >= 11 is 0. The topological polar surface area (TPSA) is 25.4 Å². The van der Waals surface area contributed by atoms with Crippen molar-refractivity contribution in [2.75, 3.05) is 13.1 Å². The molecule has 1 aliphatic rings. The Hall–Kier alpha value is -2.17. The Kier molecular flexibility index (Phi) is 6.07. The lowest BCUT2D eigenvalue weighted by atomic mass is 10.1. The molecule has 1 aliphatic heterocycles. The van der Waals surface area contributed by atoms with Gasteiger partial charge >= 0.3 is 0 Å². The highest BCUT2D eigenvalue weighted by atomic mass is 35.5. The van der Waals surface area contributed by atoms with Gasteiger partial charge in [0.05, 0.1) is 0 Å². The van der Waals surface area contributed by atoms with Gasteiger partial charge in [-0.15, -0.1) is 12.4 Å². The summed E-state index contributed by atoms with van der Waals surface area (Å²) in [4.78, 5) is 6.46. The van der Waals surface area contributed by atoms with Crippen LogP contribution in [0.1, 0.15) is 18.4 Å². The van der Waals surface area contributed by atoms with Crippen LogP contribution in [0.3, 0.4) is 0 Å². The highest BCUT2D eigenvalue weighted by Crippen LogP contribution is 2.27. The molecule has 0 saturated carbocycles. The maximum absolute atomic E-state index is 14.3. The molecule has 0 aliphatic carbocycles. The van der Waals surface area contributed by atoms with E-state index in [1.165, 1.54) is 11.6 Å². The average molecular weight is 373 g/mol. The molecule has 1 aromatic heterocycles. The molecule has 0 unspecified atom stereocenters. The van der Waals surface area contributed by atoms with Crippen LogP contribution in [0.4, 0.5) is 4.39 Å². The molecule has 2 heterocycles. The Morgan fingerprint density at radius 1 is 1.04 bits per heavy atom. The molecule has 3 nitrogen and oxygen atoms in total. The van der Waals surface area contributed by atoms with Crippen LogP contribution in [0.15, 0.2) is 60.9 Å². The van der Waals surface area contributed by atoms with Crippen molar-refractivity contribution in [3.63, 3.8) is 0 Å². The molecule has 136 valence electrons. The van der Waals surface area contributed by atoms with Gasteiger partial charge in [0.25, 0.3) is 0 Å². The van der Waals surface area contributed by atoms with Gasteiger partial charge < -0.3 is 4.74 Å². The number of likely N-dealkylation sites (tertiary alicyclic amines) is 1.